The largest absolute Gasteiger partial charge is 0.473 e. The van der Waals surface area contributed by atoms with Gasteiger partial charge in [-0.25, -0.2) is 9.37 Å². The fourth-order valence-corrected chi connectivity index (χ4v) is 2.77. The molecule has 2 N–H and O–H groups in total. The lowest BCUT2D eigenvalue weighted by Gasteiger charge is -2.21. The number of alkyl halides is 1. The lowest BCUT2D eigenvalue weighted by atomic mass is 10.2. The standard InChI is InChI=1S/C18H18FN3O3/c19-14-8-15(17(20)23)22(10-14)18(24)13-6-7-16(21-9-13)25-11-12-4-2-1-3-5-12/h1-7,9,14-15H,8,10-11H2,(H2,20,23)/t14-,15+/m1/s1. The lowest BCUT2D eigenvalue weighted by Crippen LogP contribution is -2.43. The predicted molar refractivity (Wildman–Crippen MR) is 88.5 cm³/mol. The van der Waals surface area contributed by atoms with Crippen LogP contribution < -0.4 is 10.5 Å². The highest BCUT2D eigenvalue weighted by atomic mass is 19.1. The average molecular weight is 343 g/mol. The molecule has 0 saturated carbocycles. The second-order valence-corrected chi connectivity index (χ2v) is 5.87. The van der Waals surface area contributed by atoms with Crippen LogP contribution in [0.2, 0.25) is 0 Å². The first-order valence-electron chi connectivity index (χ1n) is 7.91. The SMILES string of the molecule is NC(=O)[C@@H]1C[C@@H](F)CN1C(=O)c1ccc(OCc2ccccc2)nc1. The van der Waals surface area contributed by atoms with Gasteiger partial charge in [0.25, 0.3) is 5.91 Å². The highest BCUT2D eigenvalue weighted by molar-refractivity contribution is 5.97. The summed E-state index contributed by atoms with van der Waals surface area (Å²) in [6.07, 6.45) is 0.0434. The number of halogens is 1. The van der Waals surface area contributed by atoms with Gasteiger partial charge >= 0.3 is 0 Å². The summed E-state index contributed by atoms with van der Waals surface area (Å²) in [6.45, 7) is 0.221. The Balaban J connectivity index is 1.65. The first-order valence-corrected chi connectivity index (χ1v) is 7.91. The van der Waals surface area contributed by atoms with Crippen molar-refractivity contribution >= 4 is 11.8 Å². The van der Waals surface area contributed by atoms with E-state index in [-0.39, 0.29) is 18.5 Å². The molecular weight excluding hydrogens is 325 g/mol. The lowest BCUT2D eigenvalue weighted by molar-refractivity contribution is -0.121. The van der Waals surface area contributed by atoms with E-state index < -0.39 is 24.0 Å². The van der Waals surface area contributed by atoms with Gasteiger partial charge in [-0.15, -0.1) is 0 Å². The van der Waals surface area contributed by atoms with Crippen LogP contribution in [0.25, 0.3) is 0 Å². The van der Waals surface area contributed by atoms with Gasteiger partial charge in [0.05, 0.1) is 12.1 Å². The van der Waals surface area contributed by atoms with Gasteiger partial charge in [0.1, 0.15) is 18.8 Å². The number of benzene rings is 1. The van der Waals surface area contributed by atoms with Crippen LogP contribution >= 0.6 is 0 Å². The summed E-state index contributed by atoms with van der Waals surface area (Å²) >= 11 is 0. The van der Waals surface area contributed by atoms with Crippen molar-refractivity contribution < 1.29 is 18.7 Å². The Kier molecular flexibility index (Phi) is 4.92. The molecule has 2 amide bonds. The van der Waals surface area contributed by atoms with Crippen molar-refractivity contribution in [1.82, 2.24) is 9.88 Å². The van der Waals surface area contributed by atoms with E-state index in [0.717, 1.165) is 10.5 Å². The molecule has 1 fully saturated rings. The van der Waals surface area contributed by atoms with Crippen molar-refractivity contribution in [3.63, 3.8) is 0 Å². The monoisotopic (exact) mass is 343 g/mol. The zero-order valence-electron chi connectivity index (χ0n) is 13.5. The summed E-state index contributed by atoms with van der Waals surface area (Å²) < 4.78 is 19.1. The summed E-state index contributed by atoms with van der Waals surface area (Å²) in [4.78, 5) is 29.1. The van der Waals surface area contributed by atoms with Crippen LogP contribution in [0, 0.1) is 0 Å². The minimum atomic E-state index is -1.25. The predicted octanol–water partition coefficient (Wildman–Crippen LogP) is 1.70. The molecule has 2 aromatic rings. The molecular formula is C18H18FN3O3. The number of rotatable bonds is 5. The molecule has 2 atom stereocenters. The first-order chi connectivity index (χ1) is 12.0. The topological polar surface area (TPSA) is 85.5 Å². The van der Waals surface area contributed by atoms with E-state index in [4.69, 9.17) is 10.5 Å². The zero-order valence-corrected chi connectivity index (χ0v) is 13.5. The van der Waals surface area contributed by atoms with E-state index in [9.17, 15) is 14.0 Å². The summed E-state index contributed by atoms with van der Waals surface area (Å²) in [5.74, 6) is -0.799. The molecule has 0 bridgehead atoms. The molecule has 25 heavy (non-hydrogen) atoms. The third-order valence-corrected chi connectivity index (χ3v) is 4.05. The number of aromatic nitrogens is 1. The smallest absolute Gasteiger partial charge is 0.256 e. The molecule has 6 nitrogen and oxygen atoms in total. The van der Waals surface area contributed by atoms with Crippen LogP contribution in [0.4, 0.5) is 4.39 Å². The van der Waals surface area contributed by atoms with Crippen LogP contribution in [-0.2, 0) is 11.4 Å². The maximum absolute atomic E-state index is 13.5. The number of hydrogen-bond acceptors (Lipinski definition) is 4. The van der Waals surface area contributed by atoms with E-state index in [0.29, 0.717) is 12.5 Å². The van der Waals surface area contributed by atoms with Gasteiger partial charge in [-0.3, -0.25) is 9.59 Å². The van der Waals surface area contributed by atoms with E-state index >= 15 is 0 Å². The third-order valence-electron chi connectivity index (χ3n) is 4.05. The fraction of sp³-hybridized carbons (Fsp3) is 0.278. The van der Waals surface area contributed by atoms with Crippen molar-refractivity contribution in [2.45, 2.75) is 25.2 Å². The Morgan fingerprint density at radius 3 is 2.64 bits per heavy atom. The number of amides is 2. The summed E-state index contributed by atoms with van der Waals surface area (Å²) in [5.41, 5.74) is 6.51. The van der Waals surface area contributed by atoms with Crippen molar-refractivity contribution in [3.8, 4) is 5.88 Å². The summed E-state index contributed by atoms with van der Waals surface area (Å²) in [6, 6.07) is 11.8. The Morgan fingerprint density at radius 1 is 1.24 bits per heavy atom. The molecule has 1 aliphatic heterocycles. The van der Waals surface area contributed by atoms with Gasteiger partial charge in [0.2, 0.25) is 11.8 Å². The molecule has 3 rings (SSSR count). The van der Waals surface area contributed by atoms with Gasteiger partial charge in [0.15, 0.2) is 0 Å². The quantitative estimate of drug-likeness (QED) is 0.895. The molecule has 1 aromatic carbocycles. The Labute approximate surface area is 144 Å². The van der Waals surface area contributed by atoms with Gasteiger partial charge in [-0.1, -0.05) is 30.3 Å². The molecule has 0 radical (unpaired) electrons. The minimum absolute atomic E-state index is 0.0627. The Morgan fingerprint density at radius 2 is 2.00 bits per heavy atom. The van der Waals surface area contributed by atoms with E-state index in [1.807, 2.05) is 30.3 Å². The van der Waals surface area contributed by atoms with Gasteiger partial charge < -0.3 is 15.4 Å². The molecule has 7 heteroatoms. The number of likely N-dealkylation sites (tertiary alicyclic amines) is 1. The highest BCUT2D eigenvalue weighted by Gasteiger charge is 2.39. The van der Waals surface area contributed by atoms with Crippen molar-refractivity contribution in [2.24, 2.45) is 5.73 Å². The Bertz CT molecular complexity index is 752. The molecule has 0 aliphatic carbocycles. The molecule has 0 unspecified atom stereocenters. The zero-order chi connectivity index (χ0) is 17.8. The van der Waals surface area contributed by atoms with Crippen LogP contribution in [0.5, 0.6) is 5.88 Å². The van der Waals surface area contributed by atoms with Gasteiger partial charge in [-0.05, 0) is 11.6 Å². The number of ether oxygens (including phenoxy) is 1. The number of carbonyl (C=O) groups excluding carboxylic acids is 2. The molecule has 1 aliphatic rings. The molecule has 1 aromatic heterocycles. The first kappa shape index (κ1) is 16.9. The van der Waals surface area contributed by atoms with Crippen LogP contribution in [0.1, 0.15) is 22.3 Å². The normalized spacial score (nSPS) is 19.6. The van der Waals surface area contributed by atoms with Crippen LogP contribution in [-0.4, -0.2) is 40.5 Å². The van der Waals surface area contributed by atoms with Gasteiger partial charge in [0, 0.05) is 18.7 Å². The van der Waals surface area contributed by atoms with Gasteiger partial charge in [-0.2, -0.15) is 0 Å². The molecule has 1 saturated heterocycles. The maximum Gasteiger partial charge on any atom is 0.256 e. The second kappa shape index (κ2) is 7.29. The van der Waals surface area contributed by atoms with Crippen molar-refractivity contribution in [2.75, 3.05) is 6.54 Å². The van der Waals surface area contributed by atoms with E-state index in [1.54, 1.807) is 12.1 Å². The van der Waals surface area contributed by atoms with Crippen LogP contribution in [0.3, 0.4) is 0 Å². The maximum atomic E-state index is 13.5. The number of pyridine rings is 1. The average Bonchev–Trinajstić information content (AvgIpc) is 3.03. The summed E-state index contributed by atoms with van der Waals surface area (Å²) in [7, 11) is 0. The number of nitrogens with zero attached hydrogens (tertiary/aromatic N) is 2. The molecule has 130 valence electrons. The number of hydrogen-bond donors (Lipinski definition) is 1. The molecule has 2 heterocycles. The second-order valence-electron chi connectivity index (χ2n) is 5.87. The van der Waals surface area contributed by atoms with Crippen LogP contribution in [0.15, 0.2) is 48.7 Å². The number of carbonyl (C=O) groups is 2. The Hall–Kier alpha value is -2.96. The fourth-order valence-electron chi connectivity index (χ4n) is 2.77. The number of primary amides is 1. The minimum Gasteiger partial charge on any atom is -0.473 e. The van der Waals surface area contributed by atoms with Crippen molar-refractivity contribution in [3.05, 3.63) is 59.8 Å². The van der Waals surface area contributed by atoms with Crippen molar-refractivity contribution in [1.29, 1.82) is 0 Å². The summed E-state index contributed by atoms with van der Waals surface area (Å²) in [5, 5.41) is 0. The number of nitrogens with two attached hydrogens (primary N) is 1. The van der Waals surface area contributed by atoms with E-state index in [2.05, 4.69) is 4.98 Å². The third kappa shape index (κ3) is 3.93. The molecule has 0 spiro atoms. The van der Waals surface area contributed by atoms with E-state index in [1.165, 1.54) is 6.20 Å². The highest BCUT2D eigenvalue weighted by Crippen LogP contribution is 2.23.